The Morgan fingerprint density at radius 2 is 1.63 bits per heavy atom. The number of esters is 1. The first-order valence-corrected chi connectivity index (χ1v) is 14.5. The van der Waals surface area contributed by atoms with Crippen molar-refractivity contribution in [1.82, 2.24) is 15.5 Å². The number of benzene rings is 2. The fourth-order valence-corrected chi connectivity index (χ4v) is 5.80. The molecule has 2 N–H and O–H groups in total. The van der Waals surface area contributed by atoms with Crippen LogP contribution >= 0.6 is 23.2 Å². The average Bonchev–Trinajstić information content (AvgIpc) is 3.28. The van der Waals surface area contributed by atoms with Crippen LogP contribution in [0.5, 0.6) is 5.75 Å². The summed E-state index contributed by atoms with van der Waals surface area (Å²) in [6.07, 6.45) is 5.66. The number of halogens is 2. The second kappa shape index (κ2) is 12.0. The Morgan fingerprint density at radius 3 is 2.34 bits per heavy atom. The van der Waals surface area contributed by atoms with E-state index in [1.165, 1.54) is 0 Å². The summed E-state index contributed by atoms with van der Waals surface area (Å²) in [4.78, 5) is 40.3. The summed E-state index contributed by atoms with van der Waals surface area (Å²) in [6, 6.07) is 13.4. The number of amides is 2. The van der Waals surface area contributed by atoms with Gasteiger partial charge in [0, 0.05) is 68.9 Å². The van der Waals surface area contributed by atoms with Gasteiger partial charge in [0.1, 0.15) is 23.6 Å². The standard InChI is InChI=1S/C30H32Cl2N4O5/c1-35(13-11-33-27(37)17-31)19-7-9-23-25(15-19)40-26-16-20(36(2)14-12-34-28(38)18-32)8-10-24(26)30(23)22-6-4-3-5-21(22)29(39)41-30/h3-10,15-16,23,25H,11-14,17-18H2,1-2H3,(H,33,37)(H,34,38)/t23-,25+,30+/m1/s1. The molecule has 0 radical (unpaired) electrons. The Kier molecular flexibility index (Phi) is 8.47. The number of hydrogen-bond donors (Lipinski definition) is 2. The lowest BCUT2D eigenvalue weighted by Crippen LogP contribution is -2.49. The summed E-state index contributed by atoms with van der Waals surface area (Å²) in [7, 11) is 3.87. The lowest BCUT2D eigenvalue weighted by atomic mass is 9.70. The van der Waals surface area contributed by atoms with E-state index in [9.17, 15) is 14.4 Å². The zero-order valence-corrected chi connectivity index (χ0v) is 24.4. The van der Waals surface area contributed by atoms with Crippen LogP contribution in [-0.2, 0) is 19.9 Å². The third-order valence-corrected chi connectivity index (χ3v) is 8.21. The Labute approximate surface area is 249 Å². The highest BCUT2D eigenvalue weighted by Gasteiger charge is 2.58. The molecule has 0 fully saturated rings. The normalized spacial score (nSPS) is 21.6. The molecule has 3 aliphatic rings. The minimum atomic E-state index is -1.05. The van der Waals surface area contributed by atoms with E-state index in [1.807, 2.05) is 78.5 Å². The number of hydrogen-bond acceptors (Lipinski definition) is 7. The van der Waals surface area contributed by atoms with Gasteiger partial charge in [0.2, 0.25) is 11.8 Å². The van der Waals surface area contributed by atoms with E-state index in [1.54, 1.807) is 6.07 Å². The van der Waals surface area contributed by atoms with E-state index in [-0.39, 0.29) is 35.5 Å². The number of allylic oxidation sites excluding steroid dienone is 1. The zero-order chi connectivity index (χ0) is 29.1. The molecular weight excluding hydrogens is 567 g/mol. The molecule has 0 unspecified atom stereocenters. The molecule has 9 nitrogen and oxygen atoms in total. The highest BCUT2D eigenvalue weighted by atomic mass is 35.5. The van der Waals surface area contributed by atoms with Crippen molar-refractivity contribution in [2.75, 3.05) is 56.9 Å². The van der Waals surface area contributed by atoms with Crippen LogP contribution in [0.3, 0.4) is 0 Å². The number of likely N-dealkylation sites (N-methyl/N-ethyl adjacent to an activating group) is 2. The maximum atomic E-state index is 13.2. The van der Waals surface area contributed by atoms with Crippen molar-refractivity contribution in [2.45, 2.75) is 11.7 Å². The molecule has 1 spiro atoms. The van der Waals surface area contributed by atoms with E-state index < -0.39 is 11.7 Å². The van der Waals surface area contributed by atoms with Crippen molar-refractivity contribution >= 4 is 46.7 Å². The number of carbonyl (C=O) groups excluding carboxylic acids is 3. The predicted molar refractivity (Wildman–Crippen MR) is 158 cm³/mol. The third-order valence-electron chi connectivity index (χ3n) is 7.72. The molecule has 0 saturated carbocycles. The first kappa shape index (κ1) is 28.8. The van der Waals surface area contributed by atoms with Crippen LogP contribution in [-0.4, -0.2) is 80.8 Å². The molecule has 0 saturated heterocycles. The van der Waals surface area contributed by atoms with Crippen LogP contribution in [0, 0.1) is 5.92 Å². The maximum Gasteiger partial charge on any atom is 0.339 e. The van der Waals surface area contributed by atoms with Gasteiger partial charge in [0.15, 0.2) is 5.60 Å². The van der Waals surface area contributed by atoms with Gasteiger partial charge in [-0.05, 0) is 30.4 Å². The first-order chi connectivity index (χ1) is 19.8. The van der Waals surface area contributed by atoms with Crippen LogP contribution in [0.25, 0.3) is 0 Å². The van der Waals surface area contributed by atoms with Gasteiger partial charge >= 0.3 is 5.97 Å². The highest BCUT2D eigenvalue weighted by Crippen LogP contribution is 2.56. The number of anilines is 1. The number of alkyl halides is 2. The molecule has 2 aliphatic heterocycles. The topological polar surface area (TPSA) is 100 Å². The predicted octanol–water partition coefficient (Wildman–Crippen LogP) is 3.01. The summed E-state index contributed by atoms with van der Waals surface area (Å²) in [6.45, 7) is 2.02. The SMILES string of the molecule is CN(CCNC(=O)CCl)C1=C[C@@H]2Oc3cc(N(C)CCNC(=O)CCl)ccc3[C@@]3(OC(=O)c4ccccc43)[C@@H]2C=C1. The molecule has 0 aromatic heterocycles. The minimum absolute atomic E-state index is 0.0785. The third kappa shape index (κ3) is 5.48. The molecule has 2 aromatic carbocycles. The minimum Gasteiger partial charge on any atom is -0.485 e. The molecule has 5 rings (SSSR count). The monoisotopic (exact) mass is 598 g/mol. The van der Waals surface area contributed by atoms with E-state index in [4.69, 9.17) is 32.7 Å². The number of carbonyl (C=O) groups is 3. The largest absolute Gasteiger partial charge is 0.485 e. The van der Waals surface area contributed by atoms with E-state index >= 15 is 0 Å². The van der Waals surface area contributed by atoms with Crippen molar-refractivity contribution in [1.29, 1.82) is 0 Å². The van der Waals surface area contributed by atoms with Gasteiger partial charge in [-0.3, -0.25) is 9.59 Å². The molecule has 3 atom stereocenters. The molecule has 2 aromatic rings. The molecule has 216 valence electrons. The highest BCUT2D eigenvalue weighted by molar-refractivity contribution is 6.27. The molecule has 2 amide bonds. The molecular formula is C30H32Cl2N4O5. The molecule has 11 heteroatoms. The fourth-order valence-electron chi connectivity index (χ4n) is 5.61. The van der Waals surface area contributed by atoms with Gasteiger partial charge in [0.25, 0.3) is 0 Å². The summed E-state index contributed by atoms with van der Waals surface area (Å²) < 4.78 is 12.9. The number of nitrogens with one attached hydrogen (secondary N) is 2. The fraction of sp³-hybridized carbons (Fsp3) is 0.367. The van der Waals surface area contributed by atoms with Crippen molar-refractivity contribution in [3.8, 4) is 5.75 Å². The van der Waals surface area contributed by atoms with E-state index in [0.29, 0.717) is 37.5 Å². The van der Waals surface area contributed by atoms with Gasteiger partial charge in [-0.15, -0.1) is 23.2 Å². The zero-order valence-electron chi connectivity index (χ0n) is 22.9. The maximum absolute atomic E-state index is 13.2. The number of ether oxygens (including phenoxy) is 2. The lowest BCUT2D eigenvalue weighted by molar-refractivity contribution is -0.119. The van der Waals surface area contributed by atoms with Gasteiger partial charge in [0.05, 0.1) is 11.5 Å². The lowest BCUT2D eigenvalue weighted by Gasteiger charge is -2.45. The van der Waals surface area contributed by atoms with Gasteiger partial charge in [-0.1, -0.05) is 24.3 Å². The Morgan fingerprint density at radius 1 is 0.951 bits per heavy atom. The van der Waals surface area contributed by atoms with Crippen LogP contribution in [0.15, 0.2) is 66.4 Å². The summed E-state index contributed by atoms with van der Waals surface area (Å²) in [5, 5.41) is 5.56. The Bertz CT molecular complexity index is 1410. The Hall–Kier alpha value is -3.69. The van der Waals surface area contributed by atoms with Crippen molar-refractivity contribution in [3.63, 3.8) is 0 Å². The van der Waals surface area contributed by atoms with Crippen molar-refractivity contribution < 1.29 is 23.9 Å². The summed E-state index contributed by atoms with van der Waals surface area (Å²) in [5.74, 6) is -0.640. The van der Waals surface area contributed by atoms with Gasteiger partial charge in [-0.25, -0.2) is 4.79 Å². The van der Waals surface area contributed by atoms with Crippen molar-refractivity contribution in [3.05, 3.63) is 83.1 Å². The molecule has 41 heavy (non-hydrogen) atoms. The first-order valence-electron chi connectivity index (χ1n) is 13.4. The van der Waals surface area contributed by atoms with Gasteiger partial charge < -0.3 is 29.9 Å². The molecule has 2 heterocycles. The number of nitrogens with zero attached hydrogens (tertiary/aromatic N) is 2. The number of rotatable bonds is 10. The second-order valence-electron chi connectivity index (χ2n) is 10.2. The smallest absolute Gasteiger partial charge is 0.339 e. The second-order valence-corrected chi connectivity index (χ2v) is 10.8. The van der Waals surface area contributed by atoms with Crippen LogP contribution in [0.2, 0.25) is 0 Å². The summed E-state index contributed by atoms with van der Waals surface area (Å²) in [5.41, 5.74) is 2.90. The van der Waals surface area contributed by atoms with Crippen molar-refractivity contribution in [2.24, 2.45) is 5.92 Å². The Balaban J connectivity index is 1.48. The van der Waals surface area contributed by atoms with Crippen LogP contribution < -0.4 is 20.3 Å². The summed E-state index contributed by atoms with van der Waals surface area (Å²) >= 11 is 11.2. The quantitative estimate of drug-likeness (QED) is 0.320. The average molecular weight is 600 g/mol. The van der Waals surface area contributed by atoms with Gasteiger partial charge in [-0.2, -0.15) is 0 Å². The molecule has 1 aliphatic carbocycles. The molecule has 0 bridgehead atoms. The van der Waals surface area contributed by atoms with E-state index in [2.05, 4.69) is 10.6 Å². The number of fused-ring (bicyclic) bond motifs is 6. The van der Waals surface area contributed by atoms with E-state index in [0.717, 1.165) is 22.5 Å². The van der Waals surface area contributed by atoms with Crippen LogP contribution in [0.1, 0.15) is 21.5 Å². The van der Waals surface area contributed by atoms with Crippen LogP contribution in [0.4, 0.5) is 5.69 Å².